The molecule has 0 aromatic heterocycles. The number of para-hydroxylation sites is 1. The minimum absolute atomic E-state index is 0.0644. The monoisotopic (exact) mass is 290 g/mol. The number of hydrogen-bond donors (Lipinski definition) is 2. The normalized spacial score (nSPS) is 9.62. The SMILES string of the molecule is OCCOCc1ccccc1.OCCOc1ccccc1. The summed E-state index contributed by atoms with van der Waals surface area (Å²) in [6.45, 7) is 1.52. The van der Waals surface area contributed by atoms with Crippen LogP contribution in [0.25, 0.3) is 0 Å². The maximum Gasteiger partial charge on any atom is 0.119 e. The zero-order chi connectivity index (χ0) is 15.2. The first-order chi connectivity index (χ1) is 10.4. The molecule has 0 bridgehead atoms. The third-order valence-corrected chi connectivity index (χ3v) is 2.45. The van der Waals surface area contributed by atoms with Crippen molar-refractivity contribution >= 4 is 0 Å². The summed E-state index contributed by atoms with van der Waals surface area (Å²) in [5.74, 6) is 0.802. The van der Waals surface area contributed by atoms with Gasteiger partial charge in [-0.3, -0.25) is 0 Å². The Hall–Kier alpha value is -1.88. The van der Waals surface area contributed by atoms with Gasteiger partial charge in [0.25, 0.3) is 0 Å². The highest BCUT2D eigenvalue weighted by molar-refractivity contribution is 5.20. The van der Waals surface area contributed by atoms with Crippen molar-refractivity contribution in [1.29, 1.82) is 0 Å². The maximum atomic E-state index is 8.42. The summed E-state index contributed by atoms with van der Waals surface area (Å²) in [5.41, 5.74) is 1.14. The highest BCUT2D eigenvalue weighted by Crippen LogP contribution is 2.07. The average molecular weight is 290 g/mol. The number of rotatable bonds is 7. The summed E-state index contributed by atoms with van der Waals surface area (Å²) in [6.07, 6.45) is 0. The first-order valence-electron chi connectivity index (χ1n) is 6.88. The lowest BCUT2D eigenvalue weighted by Gasteiger charge is -2.01. The smallest absolute Gasteiger partial charge is 0.119 e. The Morgan fingerprint density at radius 2 is 1.29 bits per heavy atom. The van der Waals surface area contributed by atoms with Gasteiger partial charge in [0.1, 0.15) is 12.4 Å². The number of hydrogen-bond acceptors (Lipinski definition) is 4. The number of ether oxygens (including phenoxy) is 2. The summed E-state index contributed by atoms with van der Waals surface area (Å²) >= 11 is 0. The topological polar surface area (TPSA) is 58.9 Å². The van der Waals surface area contributed by atoms with Crippen LogP contribution in [0.1, 0.15) is 5.56 Å². The van der Waals surface area contributed by atoms with E-state index in [9.17, 15) is 0 Å². The zero-order valence-electron chi connectivity index (χ0n) is 12.0. The van der Waals surface area contributed by atoms with Gasteiger partial charge >= 0.3 is 0 Å². The van der Waals surface area contributed by atoms with Gasteiger partial charge in [0.2, 0.25) is 0 Å². The molecule has 2 aromatic carbocycles. The second kappa shape index (κ2) is 11.9. The highest BCUT2D eigenvalue weighted by atomic mass is 16.5. The molecule has 2 aromatic rings. The average Bonchev–Trinajstić information content (AvgIpc) is 2.56. The molecule has 114 valence electrons. The van der Waals surface area contributed by atoms with Crippen molar-refractivity contribution in [2.45, 2.75) is 6.61 Å². The van der Waals surface area contributed by atoms with Gasteiger partial charge in [-0.2, -0.15) is 0 Å². The molecule has 0 saturated carbocycles. The molecule has 0 aliphatic rings. The summed E-state index contributed by atoms with van der Waals surface area (Å²) in [6, 6.07) is 19.3. The number of benzene rings is 2. The van der Waals surface area contributed by atoms with Gasteiger partial charge in [0, 0.05) is 0 Å². The molecule has 0 fully saturated rings. The third kappa shape index (κ3) is 8.81. The summed E-state index contributed by atoms with van der Waals surface area (Å²) in [7, 11) is 0. The second-order valence-corrected chi connectivity index (χ2v) is 4.15. The summed E-state index contributed by atoms with van der Waals surface area (Å²) in [5, 5.41) is 16.8. The molecule has 0 aliphatic heterocycles. The van der Waals surface area contributed by atoms with Gasteiger partial charge < -0.3 is 19.7 Å². The van der Waals surface area contributed by atoms with Crippen LogP contribution in [0.2, 0.25) is 0 Å². The van der Waals surface area contributed by atoms with Crippen LogP contribution in [-0.4, -0.2) is 36.6 Å². The number of aliphatic hydroxyl groups is 2. The van der Waals surface area contributed by atoms with Crippen molar-refractivity contribution in [3.8, 4) is 5.75 Å². The van der Waals surface area contributed by atoms with Gasteiger partial charge in [0.15, 0.2) is 0 Å². The van der Waals surface area contributed by atoms with Crippen LogP contribution < -0.4 is 4.74 Å². The van der Waals surface area contributed by atoms with E-state index in [0.717, 1.165) is 11.3 Å². The van der Waals surface area contributed by atoms with E-state index in [-0.39, 0.29) is 13.2 Å². The van der Waals surface area contributed by atoms with Crippen molar-refractivity contribution in [3.05, 3.63) is 66.2 Å². The van der Waals surface area contributed by atoms with Crippen LogP contribution >= 0.6 is 0 Å². The second-order valence-electron chi connectivity index (χ2n) is 4.15. The van der Waals surface area contributed by atoms with Gasteiger partial charge in [-0.05, 0) is 17.7 Å². The Bertz CT molecular complexity index is 445. The Balaban J connectivity index is 0.000000211. The van der Waals surface area contributed by atoms with Crippen molar-refractivity contribution in [3.63, 3.8) is 0 Å². The first-order valence-corrected chi connectivity index (χ1v) is 6.88. The van der Waals surface area contributed by atoms with Gasteiger partial charge in [-0.25, -0.2) is 0 Å². The molecule has 2 N–H and O–H groups in total. The van der Waals surface area contributed by atoms with E-state index in [1.807, 2.05) is 60.7 Å². The number of aliphatic hydroxyl groups excluding tert-OH is 2. The van der Waals surface area contributed by atoms with E-state index in [0.29, 0.717) is 19.8 Å². The first kappa shape index (κ1) is 17.2. The van der Waals surface area contributed by atoms with Crippen molar-refractivity contribution in [2.24, 2.45) is 0 Å². The van der Waals surface area contributed by atoms with Crippen LogP contribution in [-0.2, 0) is 11.3 Å². The fraction of sp³-hybridized carbons (Fsp3) is 0.294. The van der Waals surface area contributed by atoms with Crippen molar-refractivity contribution in [1.82, 2.24) is 0 Å². The van der Waals surface area contributed by atoms with Crippen LogP contribution in [0.4, 0.5) is 0 Å². The molecule has 0 atom stereocenters. The molecule has 0 aliphatic carbocycles. The zero-order valence-corrected chi connectivity index (χ0v) is 12.0. The Morgan fingerprint density at radius 1 is 0.714 bits per heavy atom. The molecule has 0 unspecified atom stereocenters. The summed E-state index contributed by atoms with van der Waals surface area (Å²) < 4.78 is 10.2. The molecule has 4 nitrogen and oxygen atoms in total. The Kier molecular flexibility index (Phi) is 9.74. The van der Waals surface area contributed by atoms with Crippen molar-refractivity contribution in [2.75, 3.05) is 26.4 Å². The summed E-state index contributed by atoms with van der Waals surface area (Å²) in [4.78, 5) is 0. The van der Waals surface area contributed by atoms with Gasteiger partial charge in [-0.15, -0.1) is 0 Å². The van der Waals surface area contributed by atoms with E-state index in [1.165, 1.54) is 0 Å². The molecule has 0 heterocycles. The lowest BCUT2D eigenvalue weighted by Crippen LogP contribution is -2.00. The van der Waals surface area contributed by atoms with E-state index >= 15 is 0 Å². The minimum atomic E-state index is 0.0644. The quantitative estimate of drug-likeness (QED) is 0.768. The van der Waals surface area contributed by atoms with Crippen LogP contribution in [0.5, 0.6) is 5.75 Å². The maximum absolute atomic E-state index is 8.42. The van der Waals surface area contributed by atoms with Crippen LogP contribution in [0.15, 0.2) is 60.7 Å². The fourth-order valence-corrected chi connectivity index (χ4v) is 1.51. The van der Waals surface area contributed by atoms with E-state index in [1.54, 1.807) is 0 Å². The van der Waals surface area contributed by atoms with Gasteiger partial charge in [-0.1, -0.05) is 48.5 Å². The van der Waals surface area contributed by atoms with Crippen LogP contribution in [0.3, 0.4) is 0 Å². The fourth-order valence-electron chi connectivity index (χ4n) is 1.51. The molecule has 0 saturated heterocycles. The predicted molar refractivity (Wildman–Crippen MR) is 82.2 cm³/mol. The Labute approximate surface area is 125 Å². The predicted octanol–water partition coefficient (Wildman–Crippen LogP) is 2.25. The molecule has 0 radical (unpaired) electrons. The lowest BCUT2D eigenvalue weighted by molar-refractivity contribution is 0.0815. The molecular weight excluding hydrogens is 268 g/mol. The lowest BCUT2D eigenvalue weighted by atomic mass is 10.2. The Morgan fingerprint density at radius 3 is 1.86 bits per heavy atom. The minimum Gasteiger partial charge on any atom is -0.491 e. The molecule has 21 heavy (non-hydrogen) atoms. The largest absolute Gasteiger partial charge is 0.491 e. The standard InChI is InChI=1S/C9H12O2.C8H10O2/c10-6-7-11-8-9-4-2-1-3-5-9;9-6-7-10-8-4-2-1-3-5-8/h1-5,10H,6-8H2;1-5,9H,6-7H2. The van der Waals surface area contributed by atoms with E-state index in [4.69, 9.17) is 19.7 Å². The van der Waals surface area contributed by atoms with E-state index < -0.39 is 0 Å². The molecule has 4 heteroatoms. The van der Waals surface area contributed by atoms with Gasteiger partial charge in [0.05, 0.1) is 26.4 Å². The van der Waals surface area contributed by atoms with Crippen molar-refractivity contribution < 1.29 is 19.7 Å². The molecular formula is C17H22O4. The van der Waals surface area contributed by atoms with E-state index in [2.05, 4.69) is 0 Å². The molecule has 0 spiro atoms. The molecule has 2 rings (SSSR count). The third-order valence-electron chi connectivity index (χ3n) is 2.45. The van der Waals surface area contributed by atoms with Crippen LogP contribution in [0, 0.1) is 0 Å². The highest BCUT2D eigenvalue weighted by Gasteiger charge is 1.89. The molecule has 0 amide bonds.